The van der Waals surface area contributed by atoms with Gasteiger partial charge in [0.05, 0.1) is 18.2 Å². The molecule has 1 aliphatic rings. The van der Waals surface area contributed by atoms with Gasteiger partial charge < -0.3 is 9.30 Å². The molecular weight excluding hydrogens is 459 g/mol. The molecule has 3 nitrogen and oxygen atoms in total. The molecule has 0 atom stereocenters. The average molecular weight is 482 g/mol. The van der Waals surface area contributed by atoms with E-state index in [9.17, 15) is 0 Å². The molecule has 0 spiro atoms. The molecule has 1 aromatic heterocycles. The highest BCUT2D eigenvalue weighted by molar-refractivity contribution is 9.10. The molecule has 6 heteroatoms. The van der Waals surface area contributed by atoms with Gasteiger partial charge in [-0.15, -0.1) is 0 Å². The Labute approximate surface area is 184 Å². The van der Waals surface area contributed by atoms with Crippen LogP contribution in [0.15, 0.2) is 34.8 Å². The first-order valence-corrected chi connectivity index (χ1v) is 11.0. The minimum absolute atomic E-state index is 0.705. The van der Waals surface area contributed by atoms with Crippen LogP contribution in [-0.2, 0) is 24.8 Å². The summed E-state index contributed by atoms with van der Waals surface area (Å²) in [6.45, 7) is 6.40. The number of aromatic nitrogens is 1. The first kappa shape index (κ1) is 20.2. The van der Waals surface area contributed by atoms with Gasteiger partial charge in [-0.05, 0) is 47.9 Å². The van der Waals surface area contributed by atoms with Crippen LogP contribution in [0.2, 0.25) is 10.0 Å². The Balaban J connectivity index is 1.68. The average Bonchev–Trinajstić information content (AvgIpc) is 2.98. The molecule has 28 heavy (non-hydrogen) atoms. The summed E-state index contributed by atoms with van der Waals surface area (Å²) in [6.07, 6.45) is 0.705. The van der Waals surface area contributed by atoms with Crippen molar-refractivity contribution >= 4 is 50.0 Å². The second-order valence-corrected chi connectivity index (χ2v) is 9.12. The van der Waals surface area contributed by atoms with Crippen LogP contribution in [0.4, 0.5) is 0 Å². The summed E-state index contributed by atoms with van der Waals surface area (Å²) >= 11 is 17.0. The van der Waals surface area contributed by atoms with Crippen molar-refractivity contribution in [2.75, 3.05) is 26.3 Å². The van der Waals surface area contributed by atoms with Gasteiger partial charge in [0, 0.05) is 59.2 Å². The number of aryl methyl sites for hydroxylation is 2. The second-order valence-electron chi connectivity index (χ2n) is 7.41. The summed E-state index contributed by atoms with van der Waals surface area (Å²) in [5, 5.41) is 2.76. The highest BCUT2D eigenvalue weighted by atomic mass is 79.9. The van der Waals surface area contributed by atoms with Gasteiger partial charge in [-0.3, -0.25) is 4.90 Å². The summed E-state index contributed by atoms with van der Waals surface area (Å²) < 4.78 is 8.77. The van der Waals surface area contributed by atoms with Crippen LogP contribution < -0.4 is 0 Å². The number of hydrogen-bond donors (Lipinski definition) is 0. The molecule has 3 aromatic rings. The van der Waals surface area contributed by atoms with E-state index in [1.165, 1.54) is 22.2 Å². The van der Waals surface area contributed by atoms with E-state index < -0.39 is 0 Å². The van der Waals surface area contributed by atoms with Crippen molar-refractivity contribution in [1.29, 1.82) is 0 Å². The zero-order valence-corrected chi connectivity index (χ0v) is 19.2. The van der Waals surface area contributed by atoms with E-state index in [0.29, 0.717) is 6.42 Å². The van der Waals surface area contributed by atoms with E-state index in [1.807, 2.05) is 12.1 Å². The standard InChI is InChI=1S/C22H23BrCl2N2O/c1-14-9-16(23)10-21-18(14)11-17(26(21)2)12-19-20(24)4-3-15(22(19)25)13-27-5-7-28-8-6-27/h3-4,9-11H,5-8,12-13H2,1-2H3. The Morgan fingerprint density at radius 1 is 1.11 bits per heavy atom. The number of hydrogen-bond acceptors (Lipinski definition) is 2. The van der Waals surface area contributed by atoms with Crippen LogP contribution in [0.1, 0.15) is 22.4 Å². The van der Waals surface area contributed by atoms with E-state index in [4.69, 9.17) is 27.9 Å². The highest BCUT2D eigenvalue weighted by Crippen LogP contribution is 2.33. The van der Waals surface area contributed by atoms with Gasteiger partial charge in [-0.2, -0.15) is 0 Å². The number of morpholine rings is 1. The molecule has 1 fully saturated rings. The monoisotopic (exact) mass is 480 g/mol. The topological polar surface area (TPSA) is 17.4 Å². The lowest BCUT2D eigenvalue weighted by Gasteiger charge is -2.27. The number of benzene rings is 2. The summed E-state index contributed by atoms with van der Waals surface area (Å²) in [5.41, 5.74) is 5.78. The number of halogens is 3. The van der Waals surface area contributed by atoms with E-state index in [0.717, 1.165) is 58.5 Å². The van der Waals surface area contributed by atoms with Crippen LogP contribution in [0.5, 0.6) is 0 Å². The van der Waals surface area contributed by atoms with Gasteiger partial charge in [0.1, 0.15) is 0 Å². The molecule has 1 saturated heterocycles. The fourth-order valence-electron chi connectivity index (χ4n) is 3.90. The molecular formula is C22H23BrCl2N2O. The Hall–Kier alpha value is -1.04. The smallest absolute Gasteiger partial charge is 0.0594 e. The number of nitrogens with zero attached hydrogens (tertiary/aromatic N) is 2. The van der Waals surface area contributed by atoms with Crippen molar-refractivity contribution in [3.05, 3.63) is 67.2 Å². The van der Waals surface area contributed by atoms with Crippen molar-refractivity contribution in [1.82, 2.24) is 9.47 Å². The largest absolute Gasteiger partial charge is 0.379 e. The molecule has 0 unspecified atom stereocenters. The van der Waals surface area contributed by atoms with Gasteiger partial charge in [0.25, 0.3) is 0 Å². The minimum Gasteiger partial charge on any atom is -0.379 e. The highest BCUT2D eigenvalue weighted by Gasteiger charge is 2.18. The van der Waals surface area contributed by atoms with Crippen molar-refractivity contribution < 1.29 is 4.74 Å². The SMILES string of the molecule is Cc1cc(Br)cc2c1cc(Cc1c(Cl)ccc(CN3CCOCC3)c1Cl)n2C. The van der Waals surface area contributed by atoms with Gasteiger partial charge in [0.15, 0.2) is 0 Å². The predicted octanol–water partition coefficient (Wildman–Crippen LogP) is 5.98. The maximum atomic E-state index is 6.83. The van der Waals surface area contributed by atoms with E-state index >= 15 is 0 Å². The molecule has 4 rings (SSSR count). The fraction of sp³-hybridized carbons (Fsp3) is 0.364. The van der Waals surface area contributed by atoms with E-state index in [-0.39, 0.29) is 0 Å². The number of ether oxygens (including phenoxy) is 1. The minimum atomic E-state index is 0.705. The molecule has 2 aromatic carbocycles. The molecule has 2 heterocycles. The summed E-state index contributed by atoms with van der Waals surface area (Å²) in [6, 6.07) is 10.6. The fourth-order valence-corrected chi connectivity index (χ4v) is 5.03. The predicted molar refractivity (Wildman–Crippen MR) is 121 cm³/mol. The lowest BCUT2D eigenvalue weighted by Crippen LogP contribution is -2.35. The lowest BCUT2D eigenvalue weighted by atomic mass is 10.0. The summed E-state index contributed by atoms with van der Waals surface area (Å²) in [5.74, 6) is 0. The lowest BCUT2D eigenvalue weighted by molar-refractivity contribution is 0.0342. The van der Waals surface area contributed by atoms with Crippen LogP contribution >= 0.6 is 39.1 Å². The number of fused-ring (bicyclic) bond motifs is 1. The third-order valence-corrected chi connectivity index (χ3v) is 6.84. The molecule has 0 N–H and O–H groups in total. The van der Waals surface area contributed by atoms with Gasteiger partial charge in [0.2, 0.25) is 0 Å². The van der Waals surface area contributed by atoms with Gasteiger partial charge in [-0.1, -0.05) is 45.2 Å². The maximum absolute atomic E-state index is 6.83. The van der Waals surface area contributed by atoms with E-state index in [1.54, 1.807) is 0 Å². The third kappa shape index (κ3) is 3.99. The Bertz CT molecular complexity index is 1030. The van der Waals surface area contributed by atoms with Crippen molar-refractivity contribution in [3.63, 3.8) is 0 Å². The molecule has 148 valence electrons. The molecule has 0 radical (unpaired) electrons. The van der Waals surface area contributed by atoms with Gasteiger partial charge >= 0.3 is 0 Å². The van der Waals surface area contributed by atoms with Crippen LogP contribution in [0.25, 0.3) is 10.9 Å². The van der Waals surface area contributed by atoms with Crippen molar-refractivity contribution in [2.45, 2.75) is 19.9 Å². The van der Waals surface area contributed by atoms with E-state index in [2.05, 4.69) is 57.6 Å². The quantitative estimate of drug-likeness (QED) is 0.456. The van der Waals surface area contributed by atoms with Crippen LogP contribution in [0.3, 0.4) is 0 Å². The zero-order valence-electron chi connectivity index (χ0n) is 16.1. The van der Waals surface area contributed by atoms with Crippen molar-refractivity contribution in [3.8, 4) is 0 Å². The van der Waals surface area contributed by atoms with Gasteiger partial charge in [-0.25, -0.2) is 0 Å². The zero-order chi connectivity index (χ0) is 19.8. The normalized spacial score (nSPS) is 15.5. The molecule has 0 amide bonds. The van der Waals surface area contributed by atoms with Crippen LogP contribution in [-0.4, -0.2) is 35.8 Å². The number of rotatable bonds is 4. The summed E-state index contributed by atoms with van der Waals surface area (Å²) in [7, 11) is 2.10. The second kappa shape index (κ2) is 8.37. The molecule has 0 saturated carbocycles. The van der Waals surface area contributed by atoms with Crippen molar-refractivity contribution in [2.24, 2.45) is 7.05 Å². The molecule has 0 aliphatic carbocycles. The Kier molecular flexibility index (Phi) is 6.05. The first-order chi connectivity index (χ1) is 13.4. The summed E-state index contributed by atoms with van der Waals surface area (Å²) in [4.78, 5) is 2.38. The third-order valence-electron chi connectivity index (χ3n) is 5.55. The maximum Gasteiger partial charge on any atom is 0.0594 e. The van der Waals surface area contributed by atoms with Crippen LogP contribution in [0, 0.1) is 6.92 Å². The Morgan fingerprint density at radius 2 is 1.86 bits per heavy atom. The Morgan fingerprint density at radius 3 is 2.61 bits per heavy atom. The first-order valence-electron chi connectivity index (χ1n) is 9.44. The molecule has 1 aliphatic heterocycles. The molecule has 0 bridgehead atoms.